The minimum absolute atomic E-state index is 0.208. The molecule has 1 aliphatic heterocycles. The van der Waals surface area contributed by atoms with Gasteiger partial charge in [0.15, 0.2) is 4.77 Å². The molecule has 0 radical (unpaired) electrons. The molecule has 1 amide bonds. The van der Waals surface area contributed by atoms with E-state index in [1.165, 1.54) is 11.1 Å². The number of hydrogen-bond acceptors (Lipinski definition) is 3. The molecule has 2 aromatic rings. The predicted octanol–water partition coefficient (Wildman–Crippen LogP) is 4.43. The number of fused-ring (bicyclic) bond motifs is 1. The Bertz CT molecular complexity index is 762. The molecule has 0 unspecified atom stereocenters. The van der Waals surface area contributed by atoms with Gasteiger partial charge in [0.1, 0.15) is 0 Å². The number of nitrogens with zero attached hydrogens (tertiary/aromatic N) is 2. The van der Waals surface area contributed by atoms with Gasteiger partial charge >= 0.3 is 6.09 Å². The Morgan fingerprint density at radius 3 is 2.83 bits per heavy atom. The zero-order valence-electron chi connectivity index (χ0n) is 13.0. The molecular weight excluding hydrogens is 425 g/mol. The van der Waals surface area contributed by atoms with Crippen LogP contribution in [0.5, 0.6) is 0 Å². The van der Waals surface area contributed by atoms with Crippen molar-refractivity contribution in [1.82, 2.24) is 14.5 Å². The van der Waals surface area contributed by atoms with Crippen LogP contribution in [0.4, 0.5) is 4.79 Å². The van der Waals surface area contributed by atoms with E-state index in [4.69, 9.17) is 17.0 Å². The number of carbonyl (C=O) groups excluding carboxylic acids is 1. The van der Waals surface area contributed by atoms with Gasteiger partial charge in [-0.2, -0.15) is 0 Å². The topological polar surface area (TPSA) is 50.3 Å². The van der Waals surface area contributed by atoms with Crippen LogP contribution in [0.25, 0.3) is 11.0 Å². The summed E-state index contributed by atoms with van der Waals surface area (Å²) in [5.41, 5.74) is 3.54. The number of piperidine rings is 1. The van der Waals surface area contributed by atoms with Crippen LogP contribution in [0.15, 0.2) is 18.2 Å². The maximum Gasteiger partial charge on any atom is 0.409 e. The van der Waals surface area contributed by atoms with Gasteiger partial charge in [0, 0.05) is 23.6 Å². The fourth-order valence-electron chi connectivity index (χ4n) is 3.13. The number of nitrogens with one attached hydrogen (secondary N) is 1. The zero-order chi connectivity index (χ0) is 16.4. The number of hydrogen-bond donors (Lipinski definition) is 1. The van der Waals surface area contributed by atoms with Crippen molar-refractivity contribution < 1.29 is 9.53 Å². The zero-order valence-corrected chi connectivity index (χ0v) is 16.0. The average molecular weight is 445 g/mol. The van der Waals surface area contributed by atoms with E-state index in [9.17, 15) is 4.79 Å². The third-order valence-corrected chi connectivity index (χ3v) is 5.47. The minimum atomic E-state index is -0.208. The highest BCUT2D eigenvalue weighted by molar-refractivity contribution is 14.1. The second kappa shape index (κ2) is 7.21. The summed E-state index contributed by atoms with van der Waals surface area (Å²) in [6.07, 6.45) is 1.59. The van der Waals surface area contributed by atoms with E-state index < -0.39 is 0 Å². The van der Waals surface area contributed by atoms with Crippen LogP contribution < -0.4 is 0 Å². The Morgan fingerprint density at radius 2 is 2.17 bits per heavy atom. The van der Waals surface area contributed by atoms with Crippen LogP contribution in [0.2, 0.25) is 0 Å². The average Bonchev–Trinajstić information content (AvgIpc) is 2.90. The Hall–Kier alpha value is -1.09. The summed E-state index contributed by atoms with van der Waals surface area (Å²) >= 11 is 7.91. The summed E-state index contributed by atoms with van der Waals surface area (Å²) in [4.78, 5) is 16.9. The summed E-state index contributed by atoms with van der Waals surface area (Å²) < 4.78 is 9.05. The lowest BCUT2D eigenvalue weighted by Crippen LogP contribution is -2.39. The highest BCUT2D eigenvalue weighted by atomic mass is 127. The van der Waals surface area contributed by atoms with Crippen molar-refractivity contribution in [2.45, 2.75) is 30.2 Å². The Morgan fingerprint density at radius 1 is 1.43 bits per heavy atom. The van der Waals surface area contributed by atoms with Crippen LogP contribution in [0.1, 0.15) is 31.4 Å². The molecule has 3 rings (SSSR count). The van der Waals surface area contributed by atoms with E-state index >= 15 is 0 Å². The lowest BCUT2D eigenvalue weighted by molar-refractivity contribution is 0.0929. The van der Waals surface area contributed by atoms with Crippen LogP contribution in [-0.4, -0.2) is 40.2 Å². The number of imidazole rings is 1. The minimum Gasteiger partial charge on any atom is -0.450 e. The van der Waals surface area contributed by atoms with Crippen LogP contribution in [0, 0.1) is 4.77 Å². The molecule has 1 N–H and O–H groups in total. The molecular formula is C16H20IN3O2S. The van der Waals surface area contributed by atoms with E-state index in [2.05, 4.69) is 50.3 Å². The first kappa shape index (κ1) is 16.8. The molecule has 1 aromatic carbocycles. The van der Waals surface area contributed by atoms with Gasteiger partial charge in [-0.25, -0.2) is 4.79 Å². The number of rotatable bonds is 3. The monoisotopic (exact) mass is 445 g/mol. The summed E-state index contributed by atoms with van der Waals surface area (Å²) in [6, 6.07) is 6.77. The highest BCUT2D eigenvalue weighted by Crippen LogP contribution is 2.28. The first-order valence-electron chi connectivity index (χ1n) is 7.84. The molecule has 1 aromatic heterocycles. The highest BCUT2D eigenvalue weighted by Gasteiger charge is 2.26. The van der Waals surface area contributed by atoms with Crippen LogP contribution in [0.3, 0.4) is 0 Å². The number of benzene rings is 1. The van der Waals surface area contributed by atoms with E-state index in [1.807, 2.05) is 6.92 Å². The number of amides is 1. The van der Waals surface area contributed by atoms with Gasteiger partial charge in [0.25, 0.3) is 0 Å². The third kappa shape index (κ3) is 3.40. The largest absolute Gasteiger partial charge is 0.450 e. The predicted molar refractivity (Wildman–Crippen MR) is 102 cm³/mol. The SMILES string of the molecule is CCOC(=O)N1CCC(n2c(=S)[nH]c3ccc(CI)cc32)CC1. The maximum atomic E-state index is 11.8. The molecule has 0 saturated carbocycles. The normalized spacial score (nSPS) is 16.0. The molecule has 7 heteroatoms. The van der Waals surface area contributed by atoms with Crippen molar-refractivity contribution in [3.63, 3.8) is 0 Å². The third-order valence-electron chi connectivity index (χ3n) is 4.29. The molecule has 5 nitrogen and oxygen atoms in total. The smallest absolute Gasteiger partial charge is 0.409 e. The molecule has 1 saturated heterocycles. The number of halogens is 1. The Labute approximate surface area is 154 Å². The lowest BCUT2D eigenvalue weighted by Gasteiger charge is -2.32. The second-order valence-electron chi connectivity index (χ2n) is 5.70. The van der Waals surface area contributed by atoms with Gasteiger partial charge in [-0.05, 0) is 49.7 Å². The number of H-pyrrole nitrogens is 1. The van der Waals surface area contributed by atoms with Crippen molar-refractivity contribution in [1.29, 1.82) is 0 Å². The summed E-state index contributed by atoms with van der Waals surface area (Å²) in [7, 11) is 0. The van der Waals surface area contributed by atoms with Crippen molar-refractivity contribution >= 4 is 51.9 Å². The fourth-order valence-corrected chi connectivity index (χ4v) is 3.97. The molecule has 0 aliphatic carbocycles. The number of aromatic nitrogens is 2. The summed E-state index contributed by atoms with van der Waals surface area (Å²) in [5.74, 6) is 0. The Balaban J connectivity index is 1.83. The quantitative estimate of drug-likeness (QED) is 0.432. The van der Waals surface area contributed by atoms with E-state index in [-0.39, 0.29) is 6.09 Å². The molecule has 0 spiro atoms. The van der Waals surface area contributed by atoms with E-state index in [0.717, 1.165) is 27.6 Å². The van der Waals surface area contributed by atoms with Crippen LogP contribution in [-0.2, 0) is 9.16 Å². The van der Waals surface area contributed by atoms with E-state index in [1.54, 1.807) is 4.90 Å². The second-order valence-corrected chi connectivity index (χ2v) is 6.85. The van der Waals surface area contributed by atoms with Gasteiger partial charge < -0.3 is 19.2 Å². The van der Waals surface area contributed by atoms with Gasteiger partial charge in [0.05, 0.1) is 17.6 Å². The van der Waals surface area contributed by atoms with Crippen molar-refractivity contribution in [2.75, 3.05) is 19.7 Å². The maximum absolute atomic E-state index is 11.8. The van der Waals surface area contributed by atoms with Crippen molar-refractivity contribution in [3.8, 4) is 0 Å². The molecule has 0 bridgehead atoms. The first-order valence-corrected chi connectivity index (χ1v) is 9.78. The molecule has 1 fully saturated rings. The first-order chi connectivity index (χ1) is 11.1. The van der Waals surface area contributed by atoms with E-state index in [0.29, 0.717) is 25.7 Å². The number of aromatic amines is 1. The molecule has 1 aliphatic rings. The van der Waals surface area contributed by atoms with Crippen molar-refractivity contribution in [2.24, 2.45) is 0 Å². The molecule has 2 heterocycles. The van der Waals surface area contributed by atoms with Crippen molar-refractivity contribution in [3.05, 3.63) is 28.5 Å². The lowest BCUT2D eigenvalue weighted by atomic mass is 10.0. The molecule has 23 heavy (non-hydrogen) atoms. The van der Waals surface area contributed by atoms with Gasteiger partial charge in [-0.1, -0.05) is 28.7 Å². The van der Waals surface area contributed by atoms with Gasteiger partial charge in [0.2, 0.25) is 0 Å². The summed E-state index contributed by atoms with van der Waals surface area (Å²) in [5, 5.41) is 0. The van der Waals surface area contributed by atoms with Crippen LogP contribution >= 0.6 is 34.8 Å². The number of alkyl halides is 1. The Kier molecular flexibility index (Phi) is 5.25. The summed E-state index contributed by atoms with van der Waals surface area (Å²) in [6.45, 7) is 3.68. The fraction of sp³-hybridized carbons (Fsp3) is 0.500. The number of carbonyl (C=O) groups is 1. The number of likely N-dealkylation sites (tertiary alicyclic amines) is 1. The standard InChI is InChI=1S/C16H20IN3O2S/c1-2-22-16(21)19-7-5-12(6-8-19)20-14-9-11(10-17)3-4-13(14)18-15(20)23/h3-4,9,12H,2,5-8,10H2,1H3,(H,18,23). The van der Waals surface area contributed by atoms with Gasteiger partial charge in [-0.15, -0.1) is 0 Å². The number of ether oxygens (including phenoxy) is 1. The molecule has 0 atom stereocenters. The molecule has 124 valence electrons. The van der Waals surface area contributed by atoms with Gasteiger partial charge in [-0.3, -0.25) is 0 Å².